The molecule has 0 saturated heterocycles. The number of hydrogen-bond acceptors (Lipinski definition) is 6. The Balaban J connectivity index is 0.00000177. The molecule has 0 saturated carbocycles. The number of nitrogens with zero attached hydrogens (tertiary/aromatic N) is 1. The number of ketones is 1. The number of amides is 2. The molecule has 246 valence electrons. The largest absolute Gasteiger partial charge is 0.496 e. The Bertz CT molecular complexity index is 1570. The van der Waals surface area contributed by atoms with Crippen molar-refractivity contribution in [3.63, 3.8) is 0 Å². The van der Waals surface area contributed by atoms with Gasteiger partial charge in [0.25, 0.3) is 0 Å². The lowest BCUT2D eigenvalue weighted by molar-refractivity contribution is -0.123. The lowest BCUT2D eigenvalue weighted by Crippen LogP contribution is -2.46. The van der Waals surface area contributed by atoms with Crippen LogP contribution in [-0.2, 0) is 17.8 Å². The van der Waals surface area contributed by atoms with E-state index in [0.717, 1.165) is 33.5 Å². The molecule has 0 spiro atoms. The number of aromatic amines is 1. The lowest BCUT2D eigenvalue weighted by Gasteiger charge is -2.23. The molecule has 9 nitrogen and oxygen atoms in total. The first-order valence-electron chi connectivity index (χ1n) is 15.8. The van der Waals surface area contributed by atoms with Gasteiger partial charge in [0.2, 0.25) is 11.8 Å². The van der Waals surface area contributed by atoms with Crippen molar-refractivity contribution in [3.05, 3.63) is 106 Å². The average Bonchev–Trinajstić information content (AvgIpc) is 3.57. The molecule has 0 bridgehead atoms. The van der Waals surface area contributed by atoms with E-state index in [2.05, 4.69) is 20.6 Å². The molecule has 2 amide bonds. The summed E-state index contributed by atoms with van der Waals surface area (Å²) >= 11 is 0. The van der Waals surface area contributed by atoms with E-state index in [1.54, 1.807) is 30.5 Å². The van der Waals surface area contributed by atoms with Gasteiger partial charge in [0.05, 0.1) is 36.6 Å². The van der Waals surface area contributed by atoms with Crippen molar-refractivity contribution in [2.24, 2.45) is 5.73 Å². The van der Waals surface area contributed by atoms with Crippen molar-refractivity contribution in [2.75, 3.05) is 7.11 Å². The van der Waals surface area contributed by atoms with E-state index in [0.29, 0.717) is 35.7 Å². The summed E-state index contributed by atoms with van der Waals surface area (Å²) in [6.07, 6.45) is 2.13. The molecule has 0 aliphatic heterocycles. The number of rotatable bonds is 12. The molecule has 2 unspecified atom stereocenters. The molecule has 1 heterocycles. The third-order valence-corrected chi connectivity index (χ3v) is 7.35. The number of methoxy groups -OCH3 is 1. The molecule has 4 rings (SSSR count). The summed E-state index contributed by atoms with van der Waals surface area (Å²) in [6.45, 7) is 15.5. The maximum atomic E-state index is 13.7. The van der Waals surface area contributed by atoms with Gasteiger partial charge in [-0.1, -0.05) is 64.1 Å². The van der Waals surface area contributed by atoms with Crippen LogP contribution >= 0.6 is 0 Å². The standard InChI is InChI=1S/C33H37N5O4.2C2H6/c1-19-13-25(31(34)40)14-20(2)26(19)16-28(35-17-23-11-12-30(42-5)27(15-23)22(4)39)33(41)37-21(3)32-36-18-29(38-32)24-9-7-6-8-10-24;2*1-2/h6-15,18,21,28,35H,16-17H2,1-5H3,(H2,34,40)(H,36,38)(H,37,41);2*1-2H3. The molecule has 4 aromatic rings. The summed E-state index contributed by atoms with van der Waals surface area (Å²) in [7, 11) is 1.53. The normalized spacial score (nSPS) is 11.6. The first-order chi connectivity index (χ1) is 22.1. The monoisotopic (exact) mass is 627 g/mol. The van der Waals surface area contributed by atoms with Gasteiger partial charge in [-0.3, -0.25) is 14.4 Å². The van der Waals surface area contributed by atoms with Gasteiger partial charge in [0.15, 0.2) is 5.78 Å². The zero-order valence-electron chi connectivity index (χ0n) is 28.6. The molecular weight excluding hydrogens is 578 g/mol. The Morgan fingerprint density at radius 1 is 0.957 bits per heavy atom. The highest BCUT2D eigenvalue weighted by atomic mass is 16.5. The maximum Gasteiger partial charge on any atom is 0.248 e. The van der Waals surface area contributed by atoms with Crippen LogP contribution in [0.3, 0.4) is 0 Å². The zero-order valence-corrected chi connectivity index (χ0v) is 28.6. The fraction of sp³-hybridized carbons (Fsp3) is 0.351. The molecule has 0 aliphatic carbocycles. The van der Waals surface area contributed by atoms with Gasteiger partial charge in [-0.2, -0.15) is 0 Å². The van der Waals surface area contributed by atoms with Crippen molar-refractivity contribution in [3.8, 4) is 17.0 Å². The van der Waals surface area contributed by atoms with Crippen molar-refractivity contribution in [1.29, 1.82) is 0 Å². The highest BCUT2D eigenvalue weighted by Gasteiger charge is 2.24. The van der Waals surface area contributed by atoms with E-state index in [9.17, 15) is 14.4 Å². The Labute approximate surface area is 273 Å². The van der Waals surface area contributed by atoms with E-state index in [1.807, 2.05) is 84.9 Å². The fourth-order valence-corrected chi connectivity index (χ4v) is 5.00. The van der Waals surface area contributed by atoms with Crippen molar-refractivity contribution < 1.29 is 19.1 Å². The number of imidazole rings is 1. The summed E-state index contributed by atoms with van der Waals surface area (Å²) < 4.78 is 5.33. The van der Waals surface area contributed by atoms with Crippen LogP contribution in [0.2, 0.25) is 0 Å². The number of Topliss-reactive ketones (excluding diaryl/α,β-unsaturated/α-hetero) is 1. The summed E-state index contributed by atoms with van der Waals surface area (Å²) in [5.41, 5.74) is 11.8. The molecular formula is C37H49N5O4. The first-order valence-corrected chi connectivity index (χ1v) is 15.8. The highest BCUT2D eigenvalue weighted by molar-refractivity contribution is 5.97. The average molecular weight is 628 g/mol. The second-order valence-corrected chi connectivity index (χ2v) is 10.5. The Morgan fingerprint density at radius 2 is 1.59 bits per heavy atom. The van der Waals surface area contributed by atoms with Crippen molar-refractivity contribution in [2.45, 2.75) is 80.4 Å². The van der Waals surface area contributed by atoms with E-state index in [1.165, 1.54) is 14.0 Å². The van der Waals surface area contributed by atoms with E-state index in [4.69, 9.17) is 10.5 Å². The zero-order chi connectivity index (χ0) is 34.4. The highest BCUT2D eigenvalue weighted by Crippen LogP contribution is 2.23. The van der Waals surface area contributed by atoms with Crippen LogP contribution in [0, 0.1) is 13.8 Å². The van der Waals surface area contributed by atoms with Gasteiger partial charge in [0.1, 0.15) is 11.6 Å². The van der Waals surface area contributed by atoms with Crippen LogP contribution in [0.5, 0.6) is 5.75 Å². The first kappa shape index (κ1) is 37.4. The van der Waals surface area contributed by atoms with Crippen molar-refractivity contribution in [1.82, 2.24) is 20.6 Å². The van der Waals surface area contributed by atoms with Crippen LogP contribution in [0.15, 0.2) is 66.9 Å². The molecule has 0 radical (unpaired) electrons. The minimum absolute atomic E-state index is 0.106. The van der Waals surface area contributed by atoms with Crippen LogP contribution in [-0.4, -0.2) is 40.7 Å². The number of carbonyl (C=O) groups excluding carboxylic acids is 3. The van der Waals surface area contributed by atoms with Gasteiger partial charge in [0, 0.05) is 12.1 Å². The van der Waals surface area contributed by atoms with Gasteiger partial charge < -0.3 is 26.1 Å². The second kappa shape index (κ2) is 18.3. The molecule has 5 N–H and O–H groups in total. The molecule has 2 atom stereocenters. The molecule has 0 fully saturated rings. The Morgan fingerprint density at radius 3 is 2.15 bits per heavy atom. The molecule has 0 aliphatic rings. The van der Waals surface area contributed by atoms with Crippen molar-refractivity contribution >= 4 is 17.6 Å². The molecule has 9 heteroatoms. The number of hydrogen-bond donors (Lipinski definition) is 4. The molecule has 3 aromatic carbocycles. The summed E-state index contributed by atoms with van der Waals surface area (Å²) in [4.78, 5) is 45.5. The number of H-pyrrole nitrogens is 1. The quantitative estimate of drug-likeness (QED) is 0.130. The van der Waals surface area contributed by atoms with Crippen LogP contribution in [0.4, 0.5) is 0 Å². The Hall–Kier alpha value is -4.76. The number of aryl methyl sites for hydroxylation is 2. The van der Waals surface area contributed by atoms with Gasteiger partial charge in [-0.15, -0.1) is 0 Å². The molecule has 1 aromatic heterocycles. The number of primary amides is 1. The van der Waals surface area contributed by atoms with Gasteiger partial charge in [-0.05, 0) is 86.2 Å². The van der Waals surface area contributed by atoms with Crippen LogP contribution in [0.1, 0.15) is 96.4 Å². The van der Waals surface area contributed by atoms with E-state index < -0.39 is 11.9 Å². The van der Waals surface area contributed by atoms with E-state index in [-0.39, 0.29) is 17.7 Å². The third-order valence-electron chi connectivity index (χ3n) is 7.35. The predicted molar refractivity (Wildman–Crippen MR) is 185 cm³/mol. The number of ether oxygens (including phenoxy) is 1. The minimum Gasteiger partial charge on any atom is -0.496 e. The van der Waals surface area contributed by atoms with E-state index >= 15 is 0 Å². The SMILES string of the molecule is CC.CC.COc1ccc(CNC(Cc2c(C)cc(C(N)=O)cc2C)C(=O)NC(C)c2ncc(-c3ccccc3)[nH]2)cc1C(C)=O. The summed E-state index contributed by atoms with van der Waals surface area (Å²) in [5, 5.41) is 6.47. The molecule has 46 heavy (non-hydrogen) atoms. The number of carbonyl (C=O) groups is 3. The smallest absolute Gasteiger partial charge is 0.248 e. The minimum atomic E-state index is -0.629. The second-order valence-electron chi connectivity index (χ2n) is 10.5. The number of nitrogens with two attached hydrogens (primary N) is 1. The third kappa shape index (κ3) is 9.87. The van der Waals surface area contributed by atoms with Crippen LogP contribution < -0.4 is 21.1 Å². The maximum absolute atomic E-state index is 13.7. The fourth-order valence-electron chi connectivity index (χ4n) is 5.00. The Kier molecular flexibility index (Phi) is 14.9. The summed E-state index contributed by atoms with van der Waals surface area (Å²) in [5.74, 6) is 0.330. The number of aromatic nitrogens is 2. The topological polar surface area (TPSA) is 139 Å². The van der Waals surface area contributed by atoms with Crippen LogP contribution in [0.25, 0.3) is 11.3 Å². The number of benzene rings is 3. The van der Waals surface area contributed by atoms with Gasteiger partial charge in [-0.25, -0.2) is 4.98 Å². The van der Waals surface area contributed by atoms with Gasteiger partial charge >= 0.3 is 0 Å². The predicted octanol–water partition coefficient (Wildman–Crippen LogP) is 6.63. The lowest BCUT2D eigenvalue weighted by atomic mass is 9.93. The summed E-state index contributed by atoms with van der Waals surface area (Å²) in [6, 6.07) is 17.7. The number of nitrogens with one attached hydrogen (secondary N) is 3.